The van der Waals surface area contributed by atoms with Gasteiger partial charge in [-0.2, -0.15) is 0 Å². The number of fused-ring (bicyclic) bond motifs is 1. The summed E-state index contributed by atoms with van der Waals surface area (Å²) in [6, 6.07) is 4.92. The number of oxazole rings is 1. The topological polar surface area (TPSA) is 72.6 Å². The van der Waals surface area contributed by atoms with Crippen LogP contribution in [0, 0.1) is 0 Å². The maximum absolute atomic E-state index is 11.1. The zero-order chi connectivity index (χ0) is 12.5. The van der Waals surface area contributed by atoms with Gasteiger partial charge in [-0.3, -0.25) is 0 Å². The summed E-state index contributed by atoms with van der Waals surface area (Å²) in [5.74, 6) is -0.442. The van der Waals surface area contributed by atoms with E-state index in [1.165, 1.54) is 6.07 Å². The van der Waals surface area contributed by atoms with Gasteiger partial charge in [-0.15, -0.1) is 0 Å². The molecule has 3 rings (SSSR count). The molecule has 0 aliphatic carbocycles. The summed E-state index contributed by atoms with van der Waals surface area (Å²) < 4.78 is 11.1. The summed E-state index contributed by atoms with van der Waals surface area (Å²) in [5.41, 5.74) is 1.11. The molecule has 1 saturated heterocycles. The third-order valence-electron chi connectivity index (χ3n) is 3.12. The number of hydrogen-bond donors (Lipinski definition) is 1. The van der Waals surface area contributed by atoms with Gasteiger partial charge in [0.25, 0.3) is 0 Å². The molecule has 1 fully saturated rings. The standard InChI is InChI=1S/C13H13NO4/c15-13(16)9-4-1-5-10-12(9)14-11(18-10)7-8-3-2-6-17-8/h1,4-5,8H,2-3,6-7H2,(H,15,16). The van der Waals surface area contributed by atoms with E-state index in [4.69, 9.17) is 14.3 Å². The van der Waals surface area contributed by atoms with Crippen LogP contribution in [0.4, 0.5) is 0 Å². The summed E-state index contributed by atoms with van der Waals surface area (Å²) in [6.07, 6.45) is 2.81. The fourth-order valence-electron chi connectivity index (χ4n) is 2.25. The van der Waals surface area contributed by atoms with Crippen LogP contribution in [-0.2, 0) is 11.2 Å². The van der Waals surface area contributed by atoms with Crippen LogP contribution in [0.5, 0.6) is 0 Å². The highest BCUT2D eigenvalue weighted by atomic mass is 16.5. The van der Waals surface area contributed by atoms with E-state index in [1.54, 1.807) is 12.1 Å². The lowest BCUT2D eigenvalue weighted by Crippen LogP contribution is -2.08. The largest absolute Gasteiger partial charge is 0.478 e. The Hall–Kier alpha value is -1.88. The molecule has 1 unspecified atom stereocenters. The Balaban J connectivity index is 1.94. The molecule has 0 radical (unpaired) electrons. The number of aromatic nitrogens is 1. The van der Waals surface area contributed by atoms with Crippen LogP contribution >= 0.6 is 0 Å². The Kier molecular flexibility index (Phi) is 2.76. The quantitative estimate of drug-likeness (QED) is 0.900. The van der Waals surface area contributed by atoms with E-state index in [9.17, 15) is 4.79 Å². The molecule has 1 aliphatic rings. The Bertz CT molecular complexity index is 584. The molecule has 1 aromatic heterocycles. The number of para-hydroxylation sites is 1. The van der Waals surface area contributed by atoms with Crippen LogP contribution in [-0.4, -0.2) is 28.8 Å². The van der Waals surface area contributed by atoms with Crippen molar-refractivity contribution in [3.05, 3.63) is 29.7 Å². The molecule has 5 heteroatoms. The van der Waals surface area contributed by atoms with E-state index in [2.05, 4.69) is 4.98 Å². The zero-order valence-electron chi connectivity index (χ0n) is 9.76. The number of aromatic carboxylic acids is 1. The highest BCUT2D eigenvalue weighted by molar-refractivity contribution is 6.00. The number of rotatable bonds is 3. The van der Waals surface area contributed by atoms with Gasteiger partial charge < -0.3 is 14.3 Å². The number of benzene rings is 1. The maximum Gasteiger partial charge on any atom is 0.338 e. The molecule has 0 bridgehead atoms. The van der Waals surface area contributed by atoms with Crippen molar-refractivity contribution in [2.24, 2.45) is 0 Å². The molecule has 5 nitrogen and oxygen atoms in total. The predicted molar refractivity (Wildman–Crippen MR) is 63.6 cm³/mol. The van der Waals surface area contributed by atoms with Gasteiger partial charge >= 0.3 is 5.97 Å². The maximum atomic E-state index is 11.1. The highest BCUT2D eigenvalue weighted by Crippen LogP contribution is 2.23. The number of hydrogen-bond acceptors (Lipinski definition) is 4. The second kappa shape index (κ2) is 4.42. The van der Waals surface area contributed by atoms with Crippen LogP contribution in [0.2, 0.25) is 0 Å². The molecular formula is C13H13NO4. The number of carboxylic acids is 1. The molecule has 1 atom stereocenters. The zero-order valence-corrected chi connectivity index (χ0v) is 9.76. The number of carboxylic acid groups (broad SMARTS) is 1. The first-order chi connectivity index (χ1) is 8.74. The van der Waals surface area contributed by atoms with Gasteiger partial charge in [-0.25, -0.2) is 9.78 Å². The van der Waals surface area contributed by atoms with Crippen LogP contribution in [0.25, 0.3) is 11.1 Å². The van der Waals surface area contributed by atoms with Crippen molar-refractivity contribution < 1.29 is 19.1 Å². The average Bonchev–Trinajstić information content (AvgIpc) is 2.96. The lowest BCUT2D eigenvalue weighted by Gasteiger charge is -2.04. The lowest BCUT2D eigenvalue weighted by molar-refractivity contribution is 0.0699. The minimum Gasteiger partial charge on any atom is -0.478 e. The van der Waals surface area contributed by atoms with E-state index >= 15 is 0 Å². The number of nitrogens with zero attached hydrogens (tertiary/aromatic N) is 1. The summed E-state index contributed by atoms with van der Waals surface area (Å²) in [4.78, 5) is 15.3. The van der Waals surface area contributed by atoms with Crippen molar-refractivity contribution in [3.8, 4) is 0 Å². The van der Waals surface area contributed by atoms with Crippen molar-refractivity contribution in [3.63, 3.8) is 0 Å². The summed E-state index contributed by atoms with van der Waals surface area (Å²) >= 11 is 0. The third kappa shape index (κ3) is 1.97. The SMILES string of the molecule is O=C(O)c1cccc2oc(CC3CCCO3)nc12. The molecule has 0 spiro atoms. The van der Waals surface area contributed by atoms with Crippen LogP contribution in [0.1, 0.15) is 29.1 Å². The minimum atomic E-state index is -0.988. The van der Waals surface area contributed by atoms with Crippen molar-refractivity contribution in [2.75, 3.05) is 6.61 Å². The van der Waals surface area contributed by atoms with Crippen molar-refractivity contribution in [1.82, 2.24) is 4.98 Å². The van der Waals surface area contributed by atoms with Crippen LogP contribution in [0.15, 0.2) is 22.6 Å². The molecule has 0 saturated carbocycles. The van der Waals surface area contributed by atoms with Gasteiger partial charge in [0, 0.05) is 6.61 Å². The van der Waals surface area contributed by atoms with Gasteiger partial charge in [0.1, 0.15) is 5.52 Å². The Labute approximate surface area is 103 Å². The van der Waals surface area contributed by atoms with Crippen molar-refractivity contribution in [1.29, 1.82) is 0 Å². The van der Waals surface area contributed by atoms with E-state index in [1.807, 2.05) is 0 Å². The van der Waals surface area contributed by atoms with Gasteiger partial charge in [-0.05, 0) is 25.0 Å². The summed E-state index contributed by atoms with van der Waals surface area (Å²) in [7, 11) is 0. The van der Waals surface area contributed by atoms with Crippen LogP contribution < -0.4 is 0 Å². The fourth-order valence-corrected chi connectivity index (χ4v) is 2.25. The highest BCUT2D eigenvalue weighted by Gasteiger charge is 2.20. The molecule has 0 amide bonds. The van der Waals surface area contributed by atoms with Crippen LogP contribution in [0.3, 0.4) is 0 Å². The van der Waals surface area contributed by atoms with E-state index < -0.39 is 5.97 Å². The minimum absolute atomic E-state index is 0.145. The molecular weight excluding hydrogens is 234 g/mol. The molecule has 1 aliphatic heterocycles. The molecule has 94 valence electrons. The average molecular weight is 247 g/mol. The van der Waals surface area contributed by atoms with Crippen molar-refractivity contribution >= 4 is 17.1 Å². The van der Waals surface area contributed by atoms with Gasteiger partial charge in [0.2, 0.25) is 0 Å². The predicted octanol–water partition coefficient (Wildman–Crippen LogP) is 2.25. The van der Waals surface area contributed by atoms with E-state index in [0.717, 1.165) is 19.4 Å². The van der Waals surface area contributed by atoms with Crippen molar-refractivity contribution in [2.45, 2.75) is 25.4 Å². The van der Waals surface area contributed by atoms with Gasteiger partial charge in [0.05, 0.1) is 18.1 Å². The smallest absolute Gasteiger partial charge is 0.338 e. The first-order valence-corrected chi connectivity index (χ1v) is 5.97. The lowest BCUT2D eigenvalue weighted by atomic mass is 10.2. The molecule has 18 heavy (non-hydrogen) atoms. The monoisotopic (exact) mass is 247 g/mol. The number of carbonyl (C=O) groups is 1. The van der Waals surface area contributed by atoms with E-state index in [0.29, 0.717) is 23.4 Å². The van der Waals surface area contributed by atoms with Gasteiger partial charge in [0.15, 0.2) is 11.5 Å². The normalized spacial score (nSPS) is 19.4. The second-order valence-corrected chi connectivity index (χ2v) is 4.40. The van der Waals surface area contributed by atoms with E-state index in [-0.39, 0.29) is 11.7 Å². The first kappa shape index (κ1) is 11.2. The summed E-state index contributed by atoms with van der Waals surface area (Å²) in [6.45, 7) is 0.783. The number of ether oxygens (including phenoxy) is 1. The molecule has 2 aromatic rings. The fraction of sp³-hybridized carbons (Fsp3) is 0.385. The molecule has 1 N–H and O–H groups in total. The second-order valence-electron chi connectivity index (χ2n) is 4.40. The molecule has 1 aromatic carbocycles. The Morgan fingerprint density at radius 1 is 1.50 bits per heavy atom. The first-order valence-electron chi connectivity index (χ1n) is 5.97. The Morgan fingerprint density at radius 3 is 3.11 bits per heavy atom. The summed E-state index contributed by atoms with van der Waals surface area (Å²) in [5, 5.41) is 9.07. The Morgan fingerprint density at radius 2 is 2.39 bits per heavy atom. The molecule has 2 heterocycles. The van der Waals surface area contributed by atoms with Gasteiger partial charge in [-0.1, -0.05) is 6.07 Å². The third-order valence-corrected chi connectivity index (χ3v) is 3.12.